The number of aromatic hydroxyl groups is 1. The Morgan fingerprint density at radius 3 is 2.60 bits per heavy atom. The quantitative estimate of drug-likeness (QED) is 0.759. The molecular formula is C12H18O3. The molecule has 0 aliphatic rings. The Kier molecular flexibility index (Phi) is 4.43. The monoisotopic (exact) mass is 210 g/mol. The number of phenols is 1. The minimum absolute atomic E-state index is 0.232. The molecule has 3 heteroatoms. The van der Waals surface area contributed by atoms with Crippen molar-refractivity contribution in [3.05, 3.63) is 23.8 Å². The second-order valence-corrected chi connectivity index (χ2v) is 3.72. The molecule has 0 spiro atoms. The lowest BCUT2D eigenvalue weighted by Gasteiger charge is -2.10. The first kappa shape index (κ1) is 11.9. The maximum atomic E-state index is 9.31. The van der Waals surface area contributed by atoms with Gasteiger partial charge in [0.05, 0.1) is 12.7 Å². The SMILES string of the molecule is Cc1cc(OCCOC(C)C)ccc1O. The van der Waals surface area contributed by atoms with Gasteiger partial charge in [-0.1, -0.05) is 0 Å². The van der Waals surface area contributed by atoms with E-state index in [1.165, 1.54) is 0 Å². The molecule has 15 heavy (non-hydrogen) atoms. The summed E-state index contributed by atoms with van der Waals surface area (Å²) in [6.07, 6.45) is 0.232. The maximum absolute atomic E-state index is 9.31. The summed E-state index contributed by atoms with van der Waals surface area (Å²) in [4.78, 5) is 0. The Labute approximate surface area is 90.6 Å². The number of hydrogen-bond donors (Lipinski definition) is 1. The van der Waals surface area contributed by atoms with Gasteiger partial charge in [-0.25, -0.2) is 0 Å². The molecule has 1 aromatic rings. The standard InChI is InChI=1S/C12H18O3/c1-9(2)14-6-7-15-11-4-5-12(13)10(3)8-11/h4-5,8-9,13H,6-7H2,1-3H3. The van der Waals surface area contributed by atoms with E-state index < -0.39 is 0 Å². The van der Waals surface area contributed by atoms with Crippen molar-refractivity contribution in [2.24, 2.45) is 0 Å². The molecule has 0 saturated heterocycles. The predicted octanol–water partition coefficient (Wildman–Crippen LogP) is 2.50. The molecule has 0 fully saturated rings. The van der Waals surface area contributed by atoms with Gasteiger partial charge in [-0.2, -0.15) is 0 Å². The molecule has 0 saturated carbocycles. The van der Waals surface area contributed by atoms with Crippen molar-refractivity contribution < 1.29 is 14.6 Å². The van der Waals surface area contributed by atoms with Crippen LogP contribution in [-0.2, 0) is 4.74 Å². The fraction of sp³-hybridized carbons (Fsp3) is 0.500. The summed E-state index contributed by atoms with van der Waals surface area (Å²) in [7, 11) is 0. The third-order valence-electron chi connectivity index (χ3n) is 1.97. The second kappa shape index (κ2) is 5.61. The predicted molar refractivity (Wildman–Crippen MR) is 59.4 cm³/mol. The summed E-state index contributed by atoms with van der Waals surface area (Å²) < 4.78 is 10.8. The molecule has 0 amide bonds. The van der Waals surface area contributed by atoms with E-state index in [4.69, 9.17) is 9.47 Å². The lowest BCUT2D eigenvalue weighted by atomic mass is 10.2. The van der Waals surface area contributed by atoms with Crippen LogP contribution in [0.2, 0.25) is 0 Å². The highest BCUT2D eigenvalue weighted by Crippen LogP contribution is 2.21. The smallest absolute Gasteiger partial charge is 0.119 e. The molecule has 3 nitrogen and oxygen atoms in total. The molecule has 1 N–H and O–H groups in total. The van der Waals surface area contributed by atoms with E-state index in [-0.39, 0.29) is 6.10 Å². The van der Waals surface area contributed by atoms with Crippen LogP contribution in [-0.4, -0.2) is 24.4 Å². The summed E-state index contributed by atoms with van der Waals surface area (Å²) >= 11 is 0. The zero-order valence-corrected chi connectivity index (χ0v) is 9.49. The van der Waals surface area contributed by atoms with Gasteiger partial charge in [-0.3, -0.25) is 0 Å². The molecule has 84 valence electrons. The Bertz CT molecular complexity index is 308. The molecule has 0 radical (unpaired) electrons. The van der Waals surface area contributed by atoms with E-state index in [9.17, 15) is 5.11 Å². The summed E-state index contributed by atoms with van der Waals surface area (Å²) in [6.45, 7) is 6.93. The van der Waals surface area contributed by atoms with Crippen LogP contribution in [0.1, 0.15) is 19.4 Å². The van der Waals surface area contributed by atoms with Crippen LogP contribution in [0.5, 0.6) is 11.5 Å². The Morgan fingerprint density at radius 2 is 2.00 bits per heavy atom. The van der Waals surface area contributed by atoms with Crippen LogP contribution in [0.4, 0.5) is 0 Å². The number of rotatable bonds is 5. The van der Waals surface area contributed by atoms with Gasteiger partial charge in [-0.15, -0.1) is 0 Å². The van der Waals surface area contributed by atoms with Crippen molar-refractivity contribution in [1.82, 2.24) is 0 Å². The zero-order valence-electron chi connectivity index (χ0n) is 9.49. The van der Waals surface area contributed by atoms with Gasteiger partial charge < -0.3 is 14.6 Å². The first-order chi connectivity index (χ1) is 7.09. The van der Waals surface area contributed by atoms with Gasteiger partial charge in [0.15, 0.2) is 0 Å². The van der Waals surface area contributed by atoms with Crippen LogP contribution in [0.15, 0.2) is 18.2 Å². The van der Waals surface area contributed by atoms with Gasteiger partial charge >= 0.3 is 0 Å². The molecular weight excluding hydrogens is 192 g/mol. The fourth-order valence-corrected chi connectivity index (χ4v) is 1.16. The van der Waals surface area contributed by atoms with Crippen molar-refractivity contribution in [2.45, 2.75) is 26.9 Å². The highest BCUT2D eigenvalue weighted by atomic mass is 16.5. The largest absolute Gasteiger partial charge is 0.508 e. The Hall–Kier alpha value is -1.22. The average Bonchev–Trinajstić information content (AvgIpc) is 2.18. The molecule has 0 heterocycles. The molecule has 0 aliphatic carbocycles. The summed E-state index contributed by atoms with van der Waals surface area (Å²) in [5.41, 5.74) is 0.817. The fourth-order valence-electron chi connectivity index (χ4n) is 1.16. The molecule has 1 rings (SSSR count). The number of phenolic OH excluding ortho intramolecular Hbond substituents is 1. The summed E-state index contributed by atoms with van der Waals surface area (Å²) in [5.74, 6) is 1.05. The molecule has 0 unspecified atom stereocenters. The highest BCUT2D eigenvalue weighted by Gasteiger charge is 1.99. The molecule has 0 aromatic heterocycles. The van der Waals surface area contributed by atoms with E-state index in [1.807, 2.05) is 26.8 Å². The summed E-state index contributed by atoms with van der Waals surface area (Å²) in [5, 5.41) is 9.31. The van der Waals surface area contributed by atoms with Crippen LogP contribution >= 0.6 is 0 Å². The van der Waals surface area contributed by atoms with E-state index in [0.29, 0.717) is 19.0 Å². The van der Waals surface area contributed by atoms with Crippen LogP contribution in [0.3, 0.4) is 0 Å². The Balaban J connectivity index is 2.35. The second-order valence-electron chi connectivity index (χ2n) is 3.72. The Morgan fingerprint density at radius 1 is 1.27 bits per heavy atom. The van der Waals surface area contributed by atoms with Crippen LogP contribution in [0.25, 0.3) is 0 Å². The van der Waals surface area contributed by atoms with Gasteiger partial charge in [0.2, 0.25) is 0 Å². The van der Waals surface area contributed by atoms with Gasteiger partial charge in [0, 0.05) is 0 Å². The lowest BCUT2D eigenvalue weighted by Crippen LogP contribution is -2.11. The normalized spacial score (nSPS) is 10.7. The van der Waals surface area contributed by atoms with Gasteiger partial charge in [-0.05, 0) is 44.5 Å². The van der Waals surface area contributed by atoms with Crippen molar-refractivity contribution in [3.63, 3.8) is 0 Å². The van der Waals surface area contributed by atoms with Gasteiger partial charge in [0.25, 0.3) is 0 Å². The number of aryl methyl sites for hydroxylation is 1. The number of ether oxygens (including phenoxy) is 2. The van der Waals surface area contributed by atoms with Gasteiger partial charge in [0.1, 0.15) is 18.1 Å². The van der Waals surface area contributed by atoms with Crippen LogP contribution in [0, 0.1) is 6.92 Å². The van der Waals surface area contributed by atoms with E-state index in [2.05, 4.69) is 0 Å². The molecule has 0 bridgehead atoms. The third kappa shape index (κ3) is 4.21. The molecule has 1 aromatic carbocycles. The van der Waals surface area contributed by atoms with Crippen molar-refractivity contribution in [1.29, 1.82) is 0 Å². The maximum Gasteiger partial charge on any atom is 0.119 e. The highest BCUT2D eigenvalue weighted by molar-refractivity contribution is 5.38. The minimum atomic E-state index is 0.232. The third-order valence-corrected chi connectivity index (χ3v) is 1.97. The van der Waals surface area contributed by atoms with Crippen molar-refractivity contribution in [2.75, 3.05) is 13.2 Å². The lowest BCUT2D eigenvalue weighted by molar-refractivity contribution is 0.0552. The summed E-state index contributed by atoms with van der Waals surface area (Å²) in [6, 6.07) is 5.19. The van der Waals surface area contributed by atoms with E-state index in [1.54, 1.807) is 12.1 Å². The number of hydrogen-bond acceptors (Lipinski definition) is 3. The molecule has 0 aliphatic heterocycles. The number of benzene rings is 1. The zero-order chi connectivity index (χ0) is 11.3. The molecule has 0 atom stereocenters. The van der Waals surface area contributed by atoms with Crippen molar-refractivity contribution in [3.8, 4) is 11.5 Å². The minimum Gasteiger partial charge on any atom is -0.508 e. The topological polar surface area (TPSA) is 38.7 Å². The van der Waals surface area contributed by atoms with E-state index >= 15 is 0 Å². The average molecular weight is 210 g/mol. The van der Waals surface area contributed by atoms with E-state index in [0.717, 1.165) is 11.3 Å². The van der Waals surface area contributed by atoms with Crippen LogP contribution < -0.4 is 4.74 Å². The first-order valence-corrected chi connectivity index (χ1v) is 5.13. The first-order valence-electron chi connectivity index (χ1n) is 5.13. The van der Waals surface area contributed by atoms with Crippen molar-refractivity contribution >= 4 is 0 Å².